The summed E-state index contributed by atoms with van der Waals surface area (Å²) in [6, 6.07) is -1.33. The first-order chi connectivity index (χ1) is 6.99. The molecular formula is C9H19N3O3. The van der Waals surface area contributed by atoms with Gasteiger partial charge in [-0.1, -0.05) is 13.8 Å². The average Bonchev–Trinajstić information content (AvgIpc) is 2.13. The number of carboxylic acids is 1. The molecule has 88 valence electrons. The largest absolute Gasteiger partial charge is 0.480 e. The summed E-state index contributed by atoms with van der Waals surface area (Å²) in [5.74, 6) is -1.18. The topological polar surface area (TPSA) is 104 Å². The number of nitrogens with one attached hydrogen (secondary N) is 2. The molecule has 15 heavy (non-hydrogen) atoms. The van der Waals surface area contributed by atoms with Crippen LogP contribution in [0.5, 0.6) is 0 Å². The Hall–Kier alpha value is -1.30. The van der Waals surface area contributed by atoms with Gasteiger partial charge in [0.25, 0.3) is 0 Å². The Morgan fingerprint density at radius 3 is 2.40 bits per heavy atom. The molecule has 0 aliphatic heterocycles. The van der Waals surface area contributed by atoms with Crippen molar-refractivity contribution < 1.29 is 14.7 Å². The summed E-state index contributed by atoms with van der Waals surface area (Å²) in [4.78, 5) is 22.0. The molecule has 0 saturated heterocycles. The smallest absolute Gasteiger partial charge is 0.326 e. The lowest BCUT2D eigenvalue weighted by atomic mass is 10.1. The first-order valence-electron chi connectivity index (χ1n) is 4.96. The summed E-state index contributed by atoms with van der Waals surface area (Å²) in [6.45, 7) is 4.41. The molecule has 0 aromatic rings. The Balaban J connectivity index is 3.95. The Bertz CT molecular complexity index is 219. The van der Waals surface area contributed by atoms with Crippen LogP contribution in [0.15, 0.2) is 0 Å². The second kappa shape index (κ2) is 7.05. The van der Waals surface area contributed by atoms with E-state index in [4.69, 9.17) is 10.8 Å². The van der Waals surface area contributed by atoms with Gasteiger partial charge in [0.05, 0.1) is 0 Å². The van der Waals surface area contributed by atoms with Crippen molar-refractivity contribution in [1.82, 2.24) is 10.6 Å². The minimum Gasteiger partial charge on any atom is -0.480 e. The monoisotopic (exact) mass is 217 g/mol. The summed E-state index contributed by atoms with van der Waals surface area (Å²) in [5.41, 5.74) is 5.25. The van der Waals surface area contributed by atoms with Gasteiger partial charge in [0.2, 0.25) is 0 Å². The highest BCUT2D eigenvalue weighted by Gasteiger charge is 2.22. The summed E-state index contributed by atoms with van der Waals surface area (Å²) in [5, 5.41) is 13.7. The number of carbonyl (C=O) groups is 2. The average molecular weight is 217 g/mol. The maximum Gasteiger partial charge on any atom is 0.326 e. The predicted molar refractivity (Wildman–Crippen MR) is 56.5 cm³/mol. The highest BCUT2D eigenvalue weighted by atomic mass is 16.4. The molecule has 0 aliphatic carbocycles. The minimum atomic E-state index is -1.03. The van der Waals surface area contributed by atoms with Crippen molar-refractivity contribution in [3.05, 3.63) is 0 Å². The second-order valence-corrected chi connectivity index (χ2v) is 3.60. The number of rotatable bonds is 6. The van der Waals surface area contributed by atoms with Gasteiger partial charge in [-0.25, -0.2) is 9.59 Å². The van der Waals surface area contributed by atoms with Gasteiger partial charge in [0.15, 0.2) is 0 Å². The van der Waals surface area contributed by atoms with Crippen LogP contribution in [-0.4, -0.2) is 36.2 Å². The number of nitrogens with two attached hydrogens (primary N) is 1. The van der Waals surface area contributed by atoms with E-state index in [0.29, 0.717) is 19.5 Å². The van der Waals surface area contributed by atoms with E-state index in [2.05, 4.69) is 10.6 Å². The molecule has 0 aromatic carbocycles. The molecule has 6 nitrogen and oxygen atoms in total. The summed E-state index contributed by atoms with van der Waals surface area (Å²) < 4.78 is 0. The van der Waals surface area contributed by atoms with Gasteiger partial charge in [0, 0.05) is 6.54 Å². The maximum atomic E-state index is 11.2. The van der Waals surface area contributed by atoms with Crippen LogP contribution in [0.1, 0.15) is 20.3 Å². The zero-order valence-electron chi connectivity index (χ0n) is 9.12. The van der Waals surface area contributed by atoms with E-state index in [-0.39, 0.29) is 5.92 Å². The fourth-order valence-corrected chi connectivity index (χ4v) is 1.01. The summed E-state index contributed by atoms with van der Waals surface area (Å²) >= 11 is 0. The molecule has 0 bridgehead atoms. The molecule has 0 spiro atoms. The fourth-order valence-electron chi connectivity index (χ4n) is 1.01. The molecule has 0 aliphatic rings. The van der Waals surface area contributed by atoms with Crippen LogP contribution in [0.3, 0.4) is 0 Å². The zero-order chi connectivity index (χ0) is 11.8. The van der Waals surface area contributed by atoms with Crippen molar-refractivity contribution in [1.29, 1.82) is 0 Å². The van der Waals surface area contributed by atoms with Crippen molar-refractivity contribution in [2.75, 3.05) is 13.1 Å². The fraction of sp³-hybridized carbons (Fsp3) is 0.778. The standard InChI is InChI=1S/C9H19N3O3/c1-6(2)7(8(13)14)12-9(15)11-5-3-4-10/h6-7H,3-5,10H2,1-2H3,(H,13,14)(H2,11,12,15). The number of amides is 2. The SMILES string of the molecule is CC(C)C(NC(=O)NCCCN)C(=O)O. The second-order valence-electron chi connectivity index (χ2n) is 3.60. The normalized spacial score (nSPS) is 12.3. The van der Waals surface area contributed by atoms with Gasteiger partial charge in [-0.15, -0.1) is 0 Å². The van der Waals surface area contributed by atoms with Gasteiger partial charge in [-0.05, 0) is 18.9 Å². The van der Waals surface area contributed by atoms with Crippen molar-refractivity contribution in [2.45, 2.75) is 26.3 Å². The van der Waals surface area contributed by atoms with Gasteiger partial charge < -0.3 is 21.5 Å². The molecule has 1 unspecified atom stereocenters. The Kier molecular flexibility index (Phi) is 6.44. The van der Waals surface area contributed by atoms with E-state index in [0.717, 1.165) is 0 Å². The zero-order valence-corrected chi connectivity index (χ0v) is 9.12. The Labute approximate surface area is 89.2 Å². The van der Waals surface area contributed by atoms with Crippen LogP contribution >= 0.6 is 0 Å². The molecule has 6 heteroatoms. The van der Waals surface area contributed by atoms with E-state index in [1.54, 1.807) is 13.8 Å². The van der Waals surface area contributed by atoms with Crippen molar-refractivity contribution in [3.63, 3.8) is 0 Å². The van der Waals surface area contributed by atoms with E-state index >= 15 is 0 Å². The quantitative estimate of drug-likeness (QED) is 0.460. The van der Waals surface area contributed by atoms with Crippen molar-refractivity contribution in [2.24, 2.45) is 11.7 Å². The Morgan fingerprint density at radius 2 is 2.00 bits per heavy atom. The van der Waals surface area contributed by atoms with E-state index < -0.39 is 18.0 Å². The number of carboxylic acid groups (broad SMARTS) is 1. The molecule has 0 fully saturated rings. The number of hydrogen-bond donors (Lipinski definition) is 4. The molecule has 2 amide bonds. The molecule has 5 N–H and O–H groups in total. The van der Waals surface area contributed by atoms with Crippen LogP contribution < -0.4 is 16.4 Å². The lowest BCUT2D eigenvalue weighted by Crippen LogP contribution is -2.48. The van der Waals surface area contributed by atoms with Crippen LogP contribution in [0, 0.1) is 5.92 Å². The van der Waals surface area contributed by atoms with Crippen molar-refractivity contribution in [3.8, 4) is 0 Å². The minimum absolute atomic E-state index is 0.150. The number of aliphatic carboxylic acids is 1. The van der Waals surface area contributed by atoms with Crippen LogP contribution in [-0.2, 0) is 4.79 Å². The molecular weight excluding hydrogens is 198 g/mol. The lowest BCUT2D eigenvalue weighted by molar-refractivity contribution is -0.140. The van der Waals surface area contributed by atoms with Gasteiger partial charge in [-0.3, -0.25) is 0 Å². The first kappa shape index (κ1) is 13.7. The van der Waals surface area contributed by atoms with Crippen molar-refractivity contribution >= 4 is 12.0 Å². The third-order valence-electron chi connectivity index (χ3n) is 1.89. The lowest BCUT2D eigenvalue weighted by Gasteiger charge is -2.18. The summed E-state index contributed by atoms with van der Waals surface area (Å²) in [7, 11) is 0. The number of carbonyl (C=O) groups excluding carboxylic acids is 1. The molecule has 0 rings (SSSR count). The van der Waals surface area contributed by atoms with Crippen LogP contribution in [0.4, 0.5) is 4.79 Å². The molecule has 0 heterocycles. The third-order valence-corrected chi connectivity index (χ3v) is 1.89. The van der Waals surface area contributed by atoms with Crippen LogP contribution in [0.2, 0.25) is 0 Å². The predicted octanol–water partition coefficient (Wildman–Crippen LogP) is -0.256. The van der Waals surface area contributed by atoms with E-state index in [1.165, 1.54) is 0 Å². The highest BCUT2D eigenvalue weighted by Crippen LogP contribution is 2.00. The maximum absolute atomic E-state index is 11.2. The number of hydrogen-bond acceptors (Lipinski definition) is 3. The highest BCUT2D eigenvalue weighted by molar-refractivity contribution is 5.82. The first-order valence-corrected chi connectivity index (χ1v) is 4.96. The molecule has 0 saturated carbocycles. The number of urea groups is 1. The van der Waals surface area contributed by atoms with Crippen LogP contribution in [0.25, 0.3) is 0 Å². The third kappa shape index (κ3) is 5.90. The van der Waals surface area contributed by atoms with E-state index in [1.807, 2.05) is 0 Å². The Morgan fingerprint density at radius 1 is 1.40 bits per heavy atom. The molecule has 0 aromatic heterocycles. The summed E-state index contributed by atoms with van der Waals surface area (Å²) in [6.07, 6.45) is 0.673. The van der Waals surface area contributed by atoms with Gasteiger partial charge >= 0.3 is 12.0 Å². The molecule has 1 atom stereocenters. The van der Waals surface area contributed by atoms with Gasteiger partial charge in [0.1, 0.15) is 6.04 Å². The van der Waals surface area contributed by atoms with Gasteiger partial charge in [-0.2, -0.15) is 0 Å². The van der Waals surface area contributed by atoms with E-state index in [9.17, 15) is 9.59 Å². The molecule has 0 radical (unpaired) electrons.